The first-order valence-corrected chi connectivity index (χ1v) is 15.5. The van der Waals surface area contributed by atoms with Gasteiger partial charge >= 0.3 is 5.97 Å². The van der Waals surface area contributed by atoms with Gasteiger partial charge in [-0.05, 0) is 80.4 Å². The zero-order chi connectivity index (χ0) is 28.3. The molecule has 3 heterocycles. The van der Waals surface area contributed by atoms with Gasteiger partial charge in [-0.2, -0.15) is 5.10 Å². The maximum atomic E-state index is 14.2. The Labute approximate surface area is 243 Å². The van der Waals surface area contributed by atoms with E-state index in [9.17, 15) is 14.3 Å². The summed E-state index contributed by atoms with van der Waals surface area (Å²) in [5.74, 6) is 0.548. The molecule has 0 amide bonds. The molecule has 2 saturated heterocycles. The van der Waals surface area contributed by atoms with Crippen molar-refractivity contribution in [1.82, 2.24) is 19.6 Å². The van der Waals surface area contributed by atoms with Crippen molar-refractivity contribution in [2.75, 3.05) is 32.7 Å². The number of carboxylic acids is 1. The highest BCUT2D eigenvalue weighted by molar-refractivity contribution is 5.73. The Morgan fingerprint density at radius 1 is 1.02 bits per heavy atom. The lowest BCUT2D eigenvalue weighted by molar-refractivity contribution is -0.143. The van der Waals surface area contributed by atoms with E-state index in [0.29, 0.717) is 18.4 Å². The first kappa shape index (κ1) is 28.1. The summed E-state index contributed by atoms with van der Waals surface area (Å²) >= 11 is 0. The predicted octanol–water partition coefficient (Wildman–Crippen LogP) is 5.78. The third-order valence-electron chi connectivity index (χ3n) is 9.61. The predicted molar refractivity (Wildman–Crippen MR) is 159 cm³/mol. The lowest BCUT2D eigenvalue weighted by Gasteiger charge is -2.35. The molecule has 3 fully saturated rings. The molecule has 1 N–H and O–H groups in total. The van der Waals surface area contributed by atoms with E-state index in [4.69, 9.17) is 5.10 Å². The molecule has 2 aliphatic heterocycles. The fourth-order valence-corrected chi connectivity index (χ4v) is 7.24. The number of carboxylic acid groups (broad SMARTS) is 1. The standard InChI is InChI=1S/C34H43FN4O2/c1-2-39-32(20-30(36-39)17-24-7-4-3-5-8-24)26-13-15-37(16-14-26)21-28-22-38(33(34(40)41)18-25-11-12-25)23-31(28)27-9-6-10-29(35)19-27/h3-10,19-20,25-26,28,31,33H,2,11-18,21-23H2,1H3,(H,40,41)/t28-,31+,33+/m0/s1. The number of rotatable bonds is 11. The highest BCUT2D eigenvalue weighted by Crippen LogP contribution is 2.40. The molecule has 3 atom stereocenters. The molecule has 2 aromatic carbocycles. The average molecular weight is 559 g/mol. The first-order chi connectivity index (χ1) is 20.0. The summed E-state index contributed by atoms with van der Waals surface area (Å²) in [4.78, 5) is 17.0. The molecule has 41 heavy (non-hydrogen) atoms. The Morgan fingerprint density at radius 3 is 2.49 bits per heavy atom. The second-order valence-corrected chi connectivity index (χ2v) is 12.5. The lowest BCUT2D eigenvalue weighted by atomic mass is 9.87. The smallest absolute Gasteiger partial charge is 0.320 e. The second-order valence-electron chi connectivity index (χ2n) is 12.5. The normalized spacial score (nSPS) is 23.2. The molecule has 1 saturated carbocycles. The summed E-state index contributed by atoms with van der Waals surface area (Å²) in [5.41, 5.74) is 4.78. The minimum Gasteiger partial charge on any atom is -0.480 e. The zero-order valence-corrected chi connectivity index (χ0v) is 24.2. The Bertz CT molecular complexity index is 1320. The van der Waals surface area contributed by atoms with Gasteiger partial charge in [0.25, 0.3) is 0 Å². The van der Waals surface area contributed by atoms with Crippen LogP contribution in [0.4, 0.5) is 4.39 Å². The van der Waals surface area contributed by atoms with Gasteiger partial charge in [0, 0.05) is 50.1 Å². The van der Waals surface area contributed by atoms with Gasteiger partial charge in [0.1, 0.15) is 11.9 Å². The van der Waals surface area contributed by atoms with Crippen LogP contribution >= 0.6 is 0 Å². The minimum atomic E-state index is -0.712. The Balaban J connectivity index is 1.12. The van der Waals surface area contributed by atoms with Crippen molar-refractivity contribution in [3.05, 3.63) is 89.0 Å². The van der Waals surface area contributed by atoms with Gasteiger partial charge < -0.3 is 10.0 Å². The van der Waals surface area contributed by atoms with Crippen molar-refractivity contribution in [2.24, 2.45) is 11.8 Å². The van der Waals surface area contributed by atoms with Crippen LogP contribution in [0.1, 0.15) is 73.4 Å². The van der Waals surface area contributed by atoms with Crippen LogP contribution in [0.5, 0.6) is 0 Å². The van der Waals surface area contributed by atoms with Crippen LogP contribution in [-0.4, -0.2) is 69.4 Å². The SMILES string of the molecule is CCn1nc(Cc2ccccc2)cc1C1CCN(C[C@H]2CN([C@H](CC3CC3)C(=O)O)C[C@@H]2c2cccc(F)c2)CC1. The topological polar surface area (TPSA) is 61.6 Å². The van der Waals surface area contributed by atoms with Gasteiger partial charge in [-0.15, -0.1) is 0 Å². The maximum absolute atomic E-state index is 14.2. The van der Waals surface area contributed by atoms with Crippen molar-refractivity contribution >= 4 is 5.97 Å². The first-order valence-electron chi connectivity index (χ1n) is 15.5. The van der Waals surface area contributed by atoms with E-state index in [1.165, 1.54) is 17.3 Å². The van der Waals surface area contributed by atoms with E-state index in [1.54, 1.807) is 12.1 Å². The third-order valence-corrected chi connectivity index (χ3v) is 9.61. The number of aryl methyl sites for hydroxylation is 1. The number of aromatic nitrogens is 2. The number of halogens is 1. The number of carbonyl (C=O) groups is 1. The maximum Gasteiger partial charge on any atom is 0.320 e. The van der Waals surface area contributed by atoms with Crippen molar-refractivity contribution in [2.45, 2.75) is 69.9 Å². The molecule has 0 radical (unpaired) electrons. The molecule has 3 aliphatic rings. The van der Waals surface area contributed by atoms with Crippen LogP contribution in [0.25, 0.3) is 0 Å². The van der Waals surface area contributed by atoms with Crippen molar-refractivity contribution in [3.63, 3.8) is 0 Å². The van der Waals surface area contributed by atoms with Gasteiger partial charge in [-0.3, -0.25) is 14.4 Å². The summed E-state index contributed by atoms with van der Waals surface area (Å²) in [6.07, 6.45) is 6.08. The van der Waals surface area contributed by atoms with Gasteiger partial charge in [0.2, 0.25) is 0 Å². The Kier molecular flexibility index (Phi) is 8.54. The van der Waals surface area contributed by atoms with Crippen molar-refractivity contribution in [3.8, 4) is 0 Å². The minimum absolute atomic E-state index is 0.145. The van der Waals surface area contributed by atoms with E-state index in [-0.39, 0.29) is 17.7 Å². The molecule has 6 nitrogen and oxygen atoms in total. The van der Waals surface area contributed by atoms with Crippen LogP contribution in [0.15, 0.2) is 60.7 Å². The molecule has 0 unspecified atom stereocenters. The van der Waals surface area contributed by atoms with Crippen LogP contribution in [0, 0.1) is 17.7 Å². The summed E-state index contributed by atoms with van der Waals surface area (Å²) < 4.78 is 16.4. The number of piperidine rings is 1. The van der Waals surface area contributed by atoms with Gasteiger partial charge in [-0.1, -0.05) is 55.3 Å². The molecule has 0 bridgehead atoms. The molecular weight excluding hydrogens is 515 g/mol. The average Bonchev–Trinajstić information content (AvgIpc) is 3.57. The van der Waals surface area contributed by atoms with E-state index in [1.807, 2.05) is 6.07 Å². The molecule has 1 aromatic heterocycles. The van der Waals surface area contributed by atoms with E-state index < -0.39 is 12.0 Å². The van der Waals surface area contributed by atoms with Crippen LogP contribution < -0.4 is 0 Å². The summed E-state index contributed by atoms with van der Waals surface area (Å²) in [6, 6.07) is 19.4. The number of likely N-dealkylation sites (tertiary alicyclic amines) is 2. The molecule has 0 spiro atoms. The Morgan fingerprint density at radius 2 is 1.80 bits per heavy atom. The number of aliphatic carboxylic acids is 1. The third kappa shape index (κ3) is 6.73. The molecule has 6 rings (SSSR count). The number of hydrogen-bond donors (Lipinski definition) is 1. The lowest BCUT2D eigenvalue weighted by Crippen LogP contribution is -2.41. The van der Waals surface area contributed by atoms with E-state index >= 15 is 0 Å². The van der Waals surface area contributed by atoms with Crippen LogP contribution in [-0.2, 0) is 17.8 Å². The quantitative estimate of drug-likeness (QED) is 0.323. The molecular formula is C34H43FN4O2. The largest absolute Gasteiger partial charge is 0.480 e. The zero-order valence-electron chi connectivity index (χ0n) is 24.2. The molecule has 7 heteroatoms. The van der Waals surface area contributed by atoms with Crippen molar-refractivity contribution in [1.29, 1.82) is 0 Å². The monoisotopic (exact) mass is 558 g/mol. The van der Waals surface area contributed by atoms with Crippen LogP contribution in [0.3, 0.4) is 0 Å². The second kappa shape index (κ2) is 12.5. The highest BCUT2D eigenvalue weighted by atomic mass is 19.1. The number of hydrogen-bond acceptors (Lipinski definition) is 4. The molecule has 1 aliphatic carbocycles. The van der Waals surface area contributed by atoms with Gasteiger partial charge in [-0.25, -0.2) is 4.39 Å². The van der Waals surface area contributed by atoms with E-state index in [2.05, 4.69) is 57.8 Å². The summed E-state index contributed by atoms with van der Waals surface area (Å²) in [7, 11) is 0. The van der Waals surface area contributed by atoms with Crippen LogP contribution in [0.2, 0.25) is 0 Å². The number of nitrogens with zero attached hydrogens (tertiary/aromatic N) is 4. The Hall–Kier alpha value is -3.03. The van der Waals surface area contributed by atoms with Gasteiger partial charge in [0.15, 0.2) is 0 Å². The fraction of sp³-hybridized carbons (Fsp3) is 0.529. The summed E-state index contributed by atoms with van der Waals surface area (Å²) in [6.45, 7) is 7.46. The molecule has 3 aromatic rings. The summed E-state index contributed by atoms with van der Waals surface area (Å²) in [5, 5.41) is 15.0. The van der Waals surface area contributed by atoms with Crippen molar-refractivity contribution < 1.29 is 14.3 Å². The number of benzene rings is 2. The molecule has 218 valence electrons. The fourth-order valence-electron chi connectivity index (χ4n) is 7.24. The van der Waals surface area contributed by atoms with E-state index in [0.717, 1.165) is 82.5 Å². The highest BCUT2D eigenvalue weighted by Gasteiger charge is 2.42. The van der Waals surface area contributed by atoms with Gasteiger partial charge in [0.05, 0.1) is 5.69 Å².